The number of carboxylic acids is 1. The lowest BCUT2D eigenvalue weighted by Gasteiger charge is -2.39. The molecule has 1 saturated heterocycles. The van der Waals surface area contributed by atoms with Crippen molar-refractivity contribution < 1.29 is 23.1 Å². The number of sulfone groups is 1. The van der Waals surface area contributed by atoms with Gasteiger partial charge >= 0.3 is 12.0 Å². The second-order valence-corrected chi connectivity index (χ2v) is 8.47. The van der Waals surface area contributed by atoms with Crippen LogP contribution in [0.4, 0.5) is 4.79 Å². The van der Waals surface area contributed by atoms with Crippen molar-refractivity contribution in [1.82, 2.24) is 9.80 Å². The molecular formula is C12H22N2O5S2. The summed E-state index contributed by atoms with van der Waals surface area (Å²) in [6.07, 6.45) is 1.71. The van der Waals surface area contributed by atoms with E-state index < -0.39 is 33.8 Å². The molecule has 1 heterocycles. The number of carboxylic acid groups (broad SMARTS) is 1. The molecule has 0 saturated carbocycles. The van der Waals surface area contributed by atoms with E-state index in [2.05, 4.69) is 0 Å². The Morgan fingerprint density at radius 3 is 2.57 bits per heavy atom. The Morgan fingerprint density at radius 1 is 1.48 bits per heavy atom. The summed E-state index contributed by atoms with van der Waals surface area (Å²) in [5.74, 6) is -0.128. The van der Waals surface area contributed by atoms with Gasteiger partial charge in [0.05, 0.1) is 0 Å². The monoisotopic (exact) mass is 338 g/mol. The molecule has 0 bridgehead atoms. The molecule has 0 spiro atoms. The summed E-state index contributed by atoms with van der Waals surface area (Å²) in [5, 5.41) is 8.08. The molecule has 0 aromatic heterocycles. The van der Waals surface area contributed by atoms with Crippen LogP contribution in [-0.2, 0) is 14.6 Å². The molecule has 21 heavy (non-hydrogen) atoms. The molecule has 0 aliphatic carbocycles. The summed E-state index contributed by atoms with van der Waals surface area (Å²) < 4.78 is 23.7. The molecule has 2 amide bonds. The Labute approximate surface area is 129 Å². The lowest BCUT2D eigenvalue weighted by Crippen LogP contribution is -2.57. The molecule has 0 aromatic carbocycles. The lowest BCUT2D eigenvalue weighted by molar-refractivity contribution is -0.138. The van der Waals surface area contributed by atoms with Crippen LogP contribution in [0, 0.1) is 0 Å². The maximum absolute atomic E-state index is 12.6. The predicted octanol–water partition coefficient (Wildman–Crippen LogP) is 0.711. The normalized spacial score (nSPS) is 20.9. The van der Waals surface area contributed by atoms with Gasteiger partial charge in [0.1, 0.15) is 11.9 Å². The predicted molar refractivity (Wildman–Crippen MR) is 82.2 cm³/mol. The fraction of sp³-hybridized carbons (Fsp3) is 0.833. The number of carbonyl (C=O) groups excluding carboxylic acids is 1. The Balaban J connectivity index is 3.02. The maximum atomic E-state index is 12.6. The fourth-order valence-electron chi connectivity index (χ4n) is 2.10. The van der Waals surface area contributed by atoms with Gasteiger partial charge in [-0.05, 0) is 13.3 Å². The lowest BCUT2D eigenvalue weighted by atomic mass is 10.2. The zero-order valence-electron chi connectivity index (χ0n) is 12.5. The Hall–Kier alpha value is -0.960. The second-order valence-electron chi connectivity index (χ2n) is 5.11. The van der Waals surface area contributed by atoms with Gasteiger partial charge in [-0.3, -0.25) is 4.79 Å². The molecule has 1 rings (SSSR count). The number of thioether (sulfide) groups is 1. The highest BCUT2D eigenvalue weighted by Crippen LogP contribution is 2.22. The molecule has 7 nitrogen and oxygen atoms in total. The van der Waals surface area contributed by atoms with Crippen LogP contribution in [0.5, 0.6) is 0 Å². The van der Waals surface area contributed by atoms with Crippen molar-refractivity contribution >= 4 is 33.6 Å². The number of urea groups is 1. The van der Waals surface area contributed by atoms with E-state index in [1.54, 1.807) is 6.92 Å². The molecule has 122 valence electrons. The molecule has 1 aliphatic rings. The van der Waals surface area contributed by atoms with Gasteiger partial charge in [0, 0.05) is 30.3 Å². The van der Waals surface area contributed by atoms with Gasteiger partial charge < -0.3 is 14.9 Å². The summed E-state index contributed by atoms with van der Waals surface area (Å²) in [4.78, 5) is 26.1. The van der Waals surface area contributed by atoms with Crippen molar-refractivity contribution in [3.05, 3.63) is 0 Å². The van der Waals surface area contributed by atoms with E-state index in [0.29, 0.717) is 24.5 Å². The molecule has 2 unspecified atom stereocenters. The minimum absolute atomic E-state index is 0.261. The number of hydrogen-bond donors (Lipinski definition) is 1. The maximum Gasteiger partial charge on any atom is 0.323 e. The Morgan fingerprint density at radius 2 is 2.10 bits per heavy atom. The topological polar surface area (TPSA) is 95.0 Å². The van der Waals surface area contributed by atoms with Gasteiger partial charge in [0.2, 0.25) is 0 Å². The van der Waals surface area contributed by atoms with Gasteiger partial charge in [-0.2, -0.15) is 11.8 Å². The van der Waals surface area contributed by atoms with E-state index in [4.69, 9.17) is 5.11 Å². The van der Waals surface area contributed by atoms with Crippen molar-refractivity contribution in [3.8, 4) is 0 Å². The van der Waals surface area contributed by atoms with Crippen molar-refractivity contribution in [2.45, 2.75) is 31.7 Å². The first-order chi connectivity index (χ1) is 9.68. The van der Waals surface area contributed by atoms with Crippen LogP contribution >= 0.6 is 11.8 Å². The molecular weight excluding hydrogens is 316 g/mol. The zero-order chi connectivity index (χ0) is 16.2. The third-order valence-corrected chi connectivity index (χ3v) is 6.14. The minimum atomic E-state index is -3.40. The standard InChI is InChI=1S/C12H22N2O5S2/c1-4-9(2)14(7-11(15)16)12(17)13-5-6-20-8-10(13)21(3,18)19/h9-10H,4-8H2,1-3H3,(H,15,16). The van der Waals surface area contributed by atoms with Crippen molar-refractivity contribution in [2.75, 3.05) is 30.9 Å². The highest BCUT2D eigenvalue weighted by Gasteiger charge is 2.37. The summed E-state index contributed by atoms with van der Waals surface area (Å²) in [6.45, 7) is 3.50. The third kappa shape index (κ3) is 4.77. The van der Waals surface area contributed by atoms with E-state index in [9.17, 15) is 18.0 Å². The average Bonchev–Trinajstić information content (AvgIpc) is 2.42. The first-order valence-electron chi connectivity index (χ1n) is 6.74. The van der Waals surface area contributed by atoms with E-state index in [1.807, 2.05) is 6.92 Å². The molecule has 1 fully saturated rings. The zero-order valence-corrected chi connectivity index (χ0v) is 14.1. The first-order valence-corrected chi connectivity index (χ1v) is 9.85. The number of hydrogen-bond acceptors (Lipinski definition) is 5. The van der Waals surface area contributed by atoms with Gasteiger partial charge in [0.25, 0.3) is 0 Å². The summed E-state index contributed by atoms with van der Waals surface area (Å²) in [5.41, 5.74) is 0. The molecule has 2 atom stereocenters. The summed E-state index contributed by atoms with van der Waals surface area (Å²) >= 11 is 1.48. The van der Waals surface area contributed by atoms with Crippen molar-refractivity contribution in [3.63, 3.8) is 0 Å². The number of aliphatic carboxylic acids is 1. The van der Waals surface area contributed by atoms with Gasteiger partial charge in [0.15, 0.2) is 9.84 Å². The SMILES string of the molecule is CCC(C)N(CC(=O)O)C(=O)N1CCSCC1S(C)(=O)=O. The highest BCUT2D eigenvalue weighted by atomic mass is 32.2. The molecule has 1 N–H and O–H groups in total. The van der Waals surface area contributed by atoms with Crippen LogP contribution in [0.1, 0.15) is 20.3 Å². The molecule has 1 aliphatic heterocycles. The van der Waals surface area contributed by atoms with Crippen LogP contribution in [0.3, 0.4) is 0 Å². The summed E-state index contributed by atoms with van der Waals surface area (Å²) in [6, 6.07) is -0.772. The van der Waals surface area contributed by atoms with Crippen LogP contribution in [0.15, 0.2) is 0 Å². The Bertz CT molecular complexity index is 494. The summed E-state index contributed by atoms with van der Waals surface area (Å²) in [7, 11) is -3.40. The van der Waals surface area contributed by atoms with E-state index in [-0.39, 0.29) is 6.04 Å². The smallest absolute Gasteiger partial charge is 0.323 e. The number of carbonyl (C=O) groups is 2. The first kappa shape index (κ1) is 18.1. The van der Waals surface area contributed by atoms with Crippen molar-refractivity contribution in [1.29, 1.82) is 0 Å². The second kappa shape index (κ2) is 7.35. The van der Waals surface area contributed by atoms with Gasteiger partial charge in [-0.1, -0.05) is 6.92 Å². The van der Waals surface area contributed by atoms with E-state index in [0.717, 1.165) is 6.26 Å². The average molecular weight is 338 g/mol. The quantitative estimate of drug-likeness (QED) is 0.793. The highest BCUT2D eigenvalue weighted by molar-refractivity contribution is 8.00. The van der Waals surface area contributed by atoms with Crippen LogP contribution in [0.25, 0.3) is 0 Å². The van der Waals surface area contributed by atoms with Crippen LogP contribution in [0.2, 0.25) is 0 Å². The largest absolute Gasteiger partial charge is 0.480 e. The number of amides is 2. The van der Waals surface area contributed by atoms with Gasteiger partial charge in [-0.15, -0.1) is 0 Å². The Kier molecular flexibility index (Phi) is 6.33. The molecule has 0 aromatic rings. The van der Waals surface area contributed by atoms with Crippen molar-refractivity contribution in [2.24, 2.45) is 0 Å². The minimum Gasteiger partial charge on any atom is -0.480 e. The molecule has 0 radical (unpaired) electrons. The van der Waals surface area contributed by atoms with Crippen LogP contribution in [-0.4, -0.2) is 77.6 Å². The number of nitrogens with zero attached hydrogens (tertiary/aromatic N) is 2. The molecule has 9 heteroatoms. The van der Waals surface area contributed by atoms with Crippen LogP contribution < -0.4 is 0 Å². The van der Waals surface area contributed by atoms with E-state index >= 15 is 0 Å². The van der Waals surface area contributed by atoms with Gasteiger partial charge in [-0.25, -0.2) is 13.2 Å². The fourth-order valence-corrected chi connectivity index (χ4v) is 4.91. The number of rotatable bonds is 5. The van der Waals surface area contributed by atoms with E-state index in [1.165, 1.54) is 21.6 Å². The third-order valence-electron chi connectivity index (χ3n) is 3.50.